The summed E-state index contributed by atoms with van der Waals surface area (Å²) < 4.78 is 5.44. The minimum Gasteiger partial charge on any atom is -0.461 e. The maximum Gasteiger partial charge on any atom is 0.307 e. The number of rotatable bonds is 6. The minimum atomic E-state index is -0.0959. The van der Waals surface area contributed by atoms with Gasteiger partial charge in [-0.2, -0.15) is 0 Å². The monoisotopic (exact) mass is 304 g/mol. The Kier molecular flexibility index (Phi) is 6.40. The fraction of sp³-hybridized carbons (Fsp3) is 0.611. The van der Waals surface area contributed by atoms with E-state index in [0.717, 1.165) is 31.7 Å². The van der Waals surface area contributed by atoms with Crippen molar-refractivity contribution in [3.05, 3.63) is 35.9 Å². The average Bonchev–Trinajstić information content (AvgIpc) is 2.52. The van der Waals surface area contributed by atoms with E-state index in [9.17, 15) is 4.79 Å². The first-order valence-corrected chi connectivity index (χ1v) is 8.18. The zero-order chi connectivity index (χ0) is 15.9. The summed E-state index contributed by atoms with van der Waals surface area (Å²) in [6.07, 6.45) is 0.480. The van der Waals surface area contributed by atoms with Crippen LogP contribution in [0.4, 0.5) is 0 Å². The number of hydrogen-bond acceptors (Lipinski definition) is 4. The second-order valence-electron chi connectivity index (χ2n) is 6.50. The highest BCUT2D eigenvalue weighted by Crippen LogP contribution is 2.17. The Morgan fingerprint density at radius 2 is 1.77 bits per heavy atom. The quantitative estimate of drug-likeness (QED) is 0.756. The molecule has 1 fully saturated rings. The number of likely N-dealkylation sites (N-methyl/N-ethyl adjacent to an activating group) is 1. The summed E-state index contributed by atoms with van der Waals surface area (Å²) in [5, 5.41) is 0. The van der Waals surface area contributed by atoms with Crippen LogP contribution in [0.25, 0.3) is 0 Å². The summed E-state index contributed by atoms with van der Waals surface area (Å²) in [6.45, 7) is 8.95. The molecule has 0 aliphatic carbocycles. The van der Waals surface area contributed by atoms with E-state index in [4.69, 9.17) is 4.74 Å². The van der Waals surface area contributed by atoms with Crippen molar-refractivity contribution in [2.24, 2.45) is 5.92 Å². The zero-order valence-corrected chi connectivity index (χ0v) is 14.0. The molecule has 0 radical (unpaired) electrons. The molecule has 1 heterocycles. The van der Waals surface area contributed by atoms with Crippen molar-refractivity contribution in [1.82, 2.24) is 9.80 Å². The molecular formula is C18H28N2O2. The molecule has 4 nitrogen and oxygen atoms in total. The molecule has 1 aromatic rings. The Bertz CT molecular complexity index is 453. The summed E-state index contributed by atoms with van der Waals surface area (Å²) in [5.74, 6) is 0.356. The number of hydrogen-bond donors (Lipinski definition) is 0. The number of carbonyl (C=O) groups is 1. The lowest BCUT2D eigenvalue weighted by molar-refractivity contribution is -0.147. The van der Waals surface area contributed by atoms with Gasteiger partial charge in [0.15, 0.2) is 0 Å². The Morgan fingerprint density at radius 1 is 1.14 bits per heavy atom. The molecule has 1 aliphatic heterocycles. The van der Waals surface area contributed by atoms with Gasteiger partial charge in [0.2, 0.25) is 0 Å². The SMILES string of the molecule is CC(C)[C@@H](CC(=O)OCc1ccccc1)N1CCN(C)CC1. The number of esters is 1. The highest BCUT2D eigenvalue weighted by atomic mass is 16.5. The molecule has 0 saturated carbocycles. The van der Waals surface area contributed by atoms with Crippen molar-refractivity contribution in [1.29, 1.82) is 0 Å². The molecule has 4 heteroatoms. The summed E-state index contributed by atoms with van der Waals surface area (Å²) in [5.41, 5.74) is 1.04. The summed E-state index contributed by atoms with van der Waals surface area (Å²) >= 11 is 0. The normalized spacial score (nSPS) is 18.4. The number of piperazine rings is 1. The van der Waals surface area contributed by atoms with Crippen molar-refractivity contribution in [3.63, 3.8) is 0 Å². The van der Waals surface area contributed by atoms with Gasteiger partial charge in [-0.05, 0) is 18.5 Å². The summed E-state index contributed by atoms with van der Waals surface area (Å²) in [7, 11) is 2.15. The number of benzene rings is 1. The van der Waals surface area contributed by atoms with Gasteiger partial charge in [-0.25, -0.2) is 0 Å². The van der Waals surface area contributed by atoms with Crippen LogP contribution in [0, 0.1) is 5.92 Å². The molecular weight excluding hydrogens is 276 g/mol. The van der Waals surface area contributed by atoms with Crippen LogP contribution in [-0.2, 0) is 16.1 Å². The maximum atomic E-state index is 12.2. The molecule has 0 spiro atoms. The predicted molar refractivity (Wildman–Crippen MR) is 88.6 cm³/mol. The van der Waals surface area contributed by atoms with E-state index in [-0.39, 0.29) is 12.0 Å². The van der Waals surface area contributed by atoms with Gasteiger partial charge in [0.25, 0.3) is 0 Å². The van der Waals surface area contributed by atoms with Crippen LogP contribution in [-0.4, -0.2) is 55.0 Å². The van der Waals surface area contributed by atoms with Gasteiger partial charge < -0.3 is 9.64 Å². The maximum absolute atomic E-state index is 12.2. The lowest BCUT2D eigenvalue weighted by Gasteiger charge is -2.39. The Morgan fingerprint density at radius 3 is 2.36 bits per heavy atom. The molecule has 1 aliphatic rings. The molecule has 0 amide bonds. The third kappa shape index (κ3) is 5.11. The number of ether oxygens (including phenoxy) is 1. The lowest BCUT2D eigenvalue weighted by atomic mass is 9.98. The predicted octanol–water partition coefficient (Wildman–Crippen LogP) is 2.39. The largest absolute Gasteiger partial charge is 0.461 e. The molecule has 0 aromatic heterocycles. The van der Waals surface area contributed by atoms with E-state index in [1.165, 1.54) is 0 Å². The van der Waals surface area contributed by atoms with Crippen LogP contribution in [0.15, 0.2) is 30.3 Å². The van der Waals surface area contributed by atoms with Crippen LogP contribution < -0.4 is 0 Å². The number of nitrogens with zero attached hydrogens (tertiary/aromatic N) is 2. The van der Waals surface area contributed by atoms with Gasteiger partial charge in [0.1, 0.15) is 6.61 Å². The second kappa shape index (κ2) is 8.30. The van der Waals surface area contributed by atoms with Crippen molar-refractivity contribution in [2.75, 3.05) is 33.2 Å². The van der Waals surface area contributed by atoms with Crippen molar-refractivity contribution in [2.45, 2.75) is 32.9 Å². The topological polar surface area (TPSA) is 32.8 Å². The van der Waals surface area contributed by atoms with Crippen LogP contribution in [0.3, 0.4) is 0 Å². The third-order valence-electron chi connectivity index (χ3n) is 4.39. The van der Waals surface area contributed by atoms with Crippen molar-refractivity contribution in [3.8, 4) is 0 Å². The molecule has 0 N–H and O–H groups in total. The van der Waals surface area contributed by atoms with E-state index in [1.54, 1.807) is 0 Å². The highest BCUT2D eigenvalue weighted by molar-refractivity contribution is 5.70. The van der Waals surface area contributed by atoms with Crippen LogP contribution in [0.5, 0.6) is 0 Å². The van der Waals surface area contributed by atoms with E-state index in [0.29, 0.717) is 18.9 Å². The van der Waals surface area contributed by atoms with Gasteiger partial charge in [-0.15, -0.1) is 0 Å². The highest BCUT2D eigenvalue weighted by Gasteiger charge is 2.27. The smallest absolute Gasteiger partial charge is 0.307 e. The van der Waals surface area contributed by atoms with Gasteiger partial charge in [0, 0.05) is 32.2 Å². The lowest BCUT2D eigenvalue weighted by Crippen LogP contribution is -2.51. The van der Waals surface area contributed by atoms with Crippen molar-refractivity contribution < 1.29 is 9.53 Å². The molecule has 1 aromatic carbocycles. The van der Waals surface area contributed by atoms with Gasteiger partial charge in [-0.1, -0.05) is 44.2 Å². The average molecular weight is 304 g/mol. The van der Waals surface area contributed by atoms with E-state index >= 15 is 0 Å². The fourth-order valence-corrected chi connectivity index (χ4v) is 2.91. The Balaban J connectivity index is 1.83. The first-order chi connectivity index (χ1) is 10.6. The van der Waals surface area contributed by atoms with Crippen LogP contribution in [0.1, 0.15) is 25.8 Å². The van der Waals surface area contributed by atoms with Crippen molar-refractivity contribution >= 4 is 5.97 Å². The fourth-order valence-electron chi connectivity index (χ4n) is 2.91. The Labute approximate surface area is 134 Å². The third-order valence-corrected chi connectivity index (χ3v) is 4.39. The van der Waals surface area contributed by atoms with Gasteiger partial charge in [-0.3, -0.25) is 9.69 Å². The summed E-state index contributed by atoms with van der Waals surface area (Å²) in [4.78, 5) is 17.0. The molecule has 0 unspecified atom stereocenters. The van der Waals surface area contributed by atoms with Crippen LogP contribution >= 0.6 is 0 Å². The summed E-state index contributed by atoms with van der Waals surface area (Å²) in [6, 6.07) is 10.1. The zero-order valence-electron chi connectivity index (χ0n) is 14.0. The van der Waals surface area contributed by atoms with E-state index < -0.39 is 0 Å². The van der Waals surface area contributed by atoms with Crippen LogP contribution in [0.2, 0.25) is 0 Å². The molecule has 1 saturated heterocycles. The van der Waals surface area contributed by atoms with Gasteiger partial charge >= 0.3 is 5.97 Å². The molecule has 2 rings (SSSR count). The first kappa shape index (κ1) is 17.0. The van der Waals surface area contributed by atoms with E-state index in [2.05, 4.69) is 30.7 Å². The number of carbonyl (C=O) groups excluding carboxylic acids is 1. The molecule has 1 atom stereocenters. The minimum absolute atomic E-state index is 0.0959. The molecule has 0 bridgehead atoms. The molecule has 122 valence electrons. The van der Waals surface area contributed by atoms with E-state index in [1.807, 2.05) is 30.3 Å². The Hall–Kier alpha value is -1.39. The van der Waals surface area contributed by atoms with Gasteiger partial charge in [0.05, 0.1) is 6.42 Å². The standard InChI is InChI=1S/C18H28N2O2/c1-15(2)17(20-11-9-19(3)10-12-20)13-18(21)22-14-16-7-5-4-6-8-16/h4-8,15,17H,9-14H2,1-3H3/t17-/m1/s1. The first-order valence-electron chi connectivity index (χ1n) is 8.18. The molecule has 22 heavy (non-hydrogen) atoms. The second-order valence-corrected chi connectivity index (χ2v) is 6.50.